The van der Waals surface area contributed by atoms with Crippen LogP contribution >= 0.6 is 0 Å². The molecule has 3 rings (SSSR count). The van der Waals surface area contributed by atoms with Gasteiger partial charge in [-0.15, -0.1) is 0 Å². The minimum atomic E-state index is 0.104. The topological polar surface area (TPSA) is 44.6 Å². The smallest absolute Gasteiger partial charge is 0.239 e. The fourth-order valence-electron chi connectivity index (χ4n) is 3.73. The van der Waals surface area contributed by atoms with Gasteiger partial charge >= 0.3 is 0 Å². The Balaban J connectivity index is 1.55. The Labute approximate surface area is 139 Å². The Morgan fingerprint density at radius 3 is 2.74 bits per heavy atom. The standard InChI is InChI=1S/C17H29N5O/c1-19-9-4-3-6-16(19)17(23)22-11-5-10-21(12-13-22)14-15-7-8-18-20(15)2/h7-8,16H,3-6,9-14H2,1-2H3. The molecule has 1 aromatic heterocycles. The second-order valence-corrected chi connectivity index (χ2v) is 6.89. The minimum Gasteiger partial charge on any atom is -0.340 e. The summed E-state index contributed by atoms with van der Waals surface area (Å²) in [6.45, 7) is 5.72. The highest BCUT2D eigenvalue weighted by atomic mass is 16.2. The number of piperidine rings is 1. The van der Waals surface area contributed by atoms with Crippen molar-refractivity contribution in [2.75, 3.05) is 39.8 Å². The molecule has 6 heteroatoms. The molecule has 1 aromatic rings. The Morgan fingerprint density at radius 1 is 1.13 bits per heavy atom. The van der Waals surface area contributed by atoms with Gasteiger partial charge in [0.25, 0.3) is 0 Å². The van der Waals surface area contributed by atoms with Gasteiger partial charge in [0.1, 0.15) is 0 Å². The van der Waals surface area contributed by atoms with Gasteiger partial charge in [-0.25, -0.2) is 0 Å². The van der Waals surface area contributed by atoms with Crippen LogP contribution in [0.2, 0.25) is 0 Å². The van der Waals surface area contributed by atoms with Crippen LogP contribution in [0.1, 0.15) is 31.4 Å². The van der Waals surface area contributed by atoms with Gasteiger partial charge in [-0.3, -0.25) is 19.3 Å². The van der Waals surface area contributed by atoms with Crippen molar-refractivity contribution >= 4 is 5.91 Å². The molecule has 128 valence electrons. The van der Waals surface area contributed by atoms with Crippen LogP contribution < -0.4 is 0 Å². The molecule has 3 heterocycles. The number of amides is 1. The number of hydrogen-bond acceptors (Lipinski definition) is 4. The van der Waals surface area contributed by atoms with Crippen molar-refractivity contribution in [3.8, 4) is 0 Å². The van der Waals surface area contributed by atoms with Gasteiger partial charge in [0, 0.05) is 46.0 Å². The van der Waals surface area contributed by atoms with E-state index < -0.39 is 0 Å². The van der Waals surface area contributed by atoms with Crippen molar-refractivity contribution < 1.29 is 4.79 Å². The predicted octanol–water partition coefficient (Wildman–Crippen LogP) is 0.939. The lowest BCUT2D eigenvalue weighted by atomic mass is 10.0. The van der Waals surface area contributed by atoms with E-state index in [0.29, 0.717) is 5.91 Å². The Bertz CT molecular complexity index is 529. The molecule has 1 unspecified atom stereocenters. The largest absolute Gasteiger partial charge is 0.340 e. The molecule has 1 atom stereocenters. The number of aryl methyl sites for hydroxylation is 1. The van der Waals surface area contributed by atoms with Gasteiger partial charge in [0.15, 0.2) is 0 Å². The SMILES string of the molecule is CN1CCCCC1C(=O)N1CCCN(Cc2ccnn2C)CC1. The highest BCUT2D eigenvalue weighted by Gasteiger charge is 2.30. The van der Waals surface area contributed by atoms with Crippen LogP contribution in [0, 0.1) is 0 Å². The number of rotatable bonds is 3. The number of aromatic nitrogens is 2. The van der Waals surface area contributed by atoms with E-state index >= 15 is 0 Å². The first-order valence-corrected chi connectivity index (χ1v) is 8.83. The van der Waals surface area contributed by atoms with E-state index in [1.54, 1.807) is 0 Å². The van der Waals surface area contributed by atoms with Crippen LogP contribution in [0.5, 0.6) is 0 Å². The predicted molar refractivity (Wildman–Crippen MR) is 90.0 cm³/mol. The van der Waals surface area contributed by atoms with E-state index in [2.05, 4.69) is 32.9 Å². The second kappa shape index (κ2) is 7.45. The van der Waals surface area contributed by atoms with Crippen molar-refractivity contribution in [2.24, 2.45) is 7.05 Å². The van der Waals surface area contributed by atoms with E-state index in [0.717, 1.165) is 52.1 Å². The summed E-state index contributed by atoms with van der Waals surface area (Å²) in [7, 11) is 4.08. The van der Waals surface area contributed by atoms with Gasteiger partial charge in [0.2, 0.25) is 5.91 Å². The van der Waals surface area contributed by atoms with E-state index in [4.69, 9.17) is 0 Å². The zero-order valence-corrected chi connectivity index (χ0v) is 14.4. The highest BCUT2D eigenvalue weighted by molar-refractivity contribution is 5.82. The van der Waals surface area contributed by atoms with Crippen molar-refractivity contribution in [3.63, 3.8) is 0 Å². The van der Waals surface area contributed by atoms with E-state index in [1.807, 2.05) is 17.9 Å². The van der Waals surface area contributed by atoms with Crippen molar-refractivity contribution in [1.82, 2.24) is 24.5 Å². The summed E-state index contributed by atoms with van der Waals surface area (Å²) in [6, 6.07) is 2.18. The minimum absolute atomic E-state index is 0.104. The third-order valence-electron chi connectivity index (χ3n) is 5.26. The molecule has 0 N–H and O–H groups in total. The number of likely N-dealkylation sites (N-methyl/N-ethyl adjacent to an activating group) is 1. The third kappa shape index (κ3) is 3.93. The van der Waals surface area contributed by atoms with Gasteiger partial charge in [-0.2, -0.15) is 5.10 Å². The highest BCUT2D eigenvalue weighted by Crippen LogP contribution is 2.18. The summed E-state index contributed by atoms with van der Waals surface area (Å²) in [5.74, 6) is 0.342. The molecular weight excluding hydrogens is 290 g/mol. The lowest BCUT2D eigenvalue weighted by Crippen LogP contribution is -2.50. The van der Waals surface area contributed by atoms with Crippen LogP contribution in [0.25, 0.3) is 0 Å². The first kappa shape index (κ1) is 16.5. The number of likely N-dealkylation sites (tertiary alicyclic amines) is 1. The fraction of sp³-hybridized carbons (Fsp3) is 0.765. The van der Waals surface area contributed by atoms with E-state index in [9.17, 15) is 4.79 Å². The van der Waals surface area contributed by atoms with Crippen LogP contribution in [0.3, 0.4) is 0 Å². The summed E-state index contributed by atoms with van der Waals surface area (Å²) < 4.78 is 1.94. The van der Waals surface area contributed by atoms with Gasteiger partial charge in [0.05, 0.1) is 11.7 Å². The maximum atomic E-state index is 12.8. The molecule has 2 fully saturated rings. The third-order valence-corrected chi connectivity index (χ3v) is 5.26. The van der Waals surface area contributed by atoms with Crippen LogP contribution in [-0.2, 0) is 18.4 Å². The zero-order chi connectivity index (χ0) is 16.2. The second-order valence-electron chi connectivity index (χ2n) is 6.89. The molecule has 0 radical (unpaired) electrons. The van der Waals surface area contributed by atoms with Crippen LogP contribution in [0.15, 0.2) is 12.3 Å². The van der Waals surface area contributed by atoms with Crippen molar-refractivity contribution in [2.45, 2.75) is 38.3 Å². The molecule has 2 aliphatic rings. The van der Waals surface area contributed by atoms with Gasteiger partial charge in [-0.05, 0) is 38.9 Å². The molecule has 2 saturated heterocycles. The number of carbonyl (C=O) groups excluding carboxylic acids is 1. The maximum absolute atomic E-state index is 12.8. The monoisotopic (exact) mass is 319 g/mol. The van der Waals surface area contributed by atoms with Crippen LogP contribution in [0.4, 0.5) is 0 Å². The average Bonchev–Trinajstić information content (AvgIpc) is 2.81. The Hall–Kier alpha value is -1.40. The molecule has 0 spiro atoms. The average molecular weight is 319 g/mol. The lowest BCUT2D eigenvalue weighted by Gasteiger charge is -2.35. The van der Waals surface area contributed by atoms with Gasteiger partial charge in [-0.1, -0.05) is 6.42 Å². The molecule has 0 bridgehead atoms. The summed E-state index contributed by atoms with van der Waals surface area (Å²) in [5.41, 5.74) is 1.23. The molecular formula is C17H29N5O. The first-order chi connectivity index (χ1) is 11.1. The number of hydrogen-bond donors (Lipinski definition) is 0. The fourth-order valence-corrected chi connectivity index (χ4v) is 3.73. The summed E-state index contributed by atoms with van der Waals surface area (Å²) >= 11 is 0. The normalized spacial score (nSPS) is 24.6. The lowest BCUT2D eigenvalue weighted by molar-refractivity contribution is -0.137. The van der Waals surface area contributed by atoms with E-state index in [-0.39, 0.29) is 6.04 Å². The van der Waals surface area contributed by atoms with E-state index in [1.165, 1.54) is 18.5 Å². The van der Waals surface area contributed by atoms with Gasteiger partial charge < -0.3 is 4.90 Å². The zero-order valence-electron chi connectivity index (χ0n) is 14.4. The molecule has 0 aliphatic carbocycles. The first-order valence-electron chi connectivity index (χ1n) is 8.83. The summed E-state index contributed by atoms with van der Waals surface area (Å²) in [5, 5.41) is 4.24. The summed E-state index contributed by atoms with van der Waals surface area (Å²) in [6.07, 6.45) is 6.33. The molecule has 1 amide bonds. The quantitative estimate of drug-likeness (QED) is 0.832. The molecule has 6 nitrogen and oxygen atoms in total. The number of carbonyl (C=O) groups is 1. The summed E-state index contributed by atoms with van der Waals surface area (Å²) in [4.78, 5) is 19.6. The molecule has 2 aliphatic heterocycles. The van der Waals surface area contributed by atoms with Crippen molar-refractivity contribution in [1.29, 1.82) is 0 Å². The van der Waals surface area contributed by atoms with Crippen LogP contribution in [-0.4, -0.2) is 76.2 Å². The molecule has 23 heavy (non-hydrogen) atoms. The Morgan fingerprint density at radius 2 is 2.00 bits per heavy atom. The maximum Gasteiger partial charge on any atom is 0.239 e. The Kier molecular flexibility index (Phi) is 5.33. The molecule has 0 saturated carbocycles. The van der Waals surface area contributed by atoms with Crippen molar-refractivity contribution in [3.05, 3.63) is 18.0 Å². The number of nitrogens with zero attached hydrogens (tertiary/aromatic N) is 5. The molecule has 0 aromatic carbocycles.